The van der Waals surface area contributed by atoms with Crippen LogP contribution in [0.25, 0.3) is 17.1 Å². The molecule has 0 aliphatic heterocycles. The lowest BCUT2D eigenvalue weighted by Crippen LogP contribution is -2.42. The first kappa shape index (κ1) is 30.5. The molecular weight excluding hydrogens is 597 g/mol. The van der Waals surface area contributed by atoms with E-state index in [2.05, 4.69) is 25.8 Å². The molecule has 5 aromatic rings. The Balaban J connectivity index is 1.32. The van der Waals surface area contributed by atoms with E-state index >= 15 is 0 Å². The molecule has 2 amide bonds. The molecule has 1 heterocycles. The van der Waals surface area contributed by atoms with E-state index in [1.165, 1.54) is 0 Å². The molecule has 0 bridgehead atoms. The average molecular weight is 627 g/mol. The fourth-order valence-electron chi connectivity index (χ4n) is 4.17. The summed E-state index contributed by atoms with van der Waals surface area (Å²) >= 11 is 1.16. The van der Waals surface area contributed by atoms with E-state index in [0.29, 0.717) is 27.8 Å². The van der Waals surface area contributed by atoms with Gasteiger partial charge in [0.2, 0.25) is 5.91 Å². The number of rotatable bonds is 9. The largest absolute Gasteiger partial charge is 0.280 e. The molecule has 0 radical (unpaired) electrons. The number of hydrogen-bond donors (Lipinski definition) is 3. The monoisotopic (exact) mass is 626 g/mol. The summed E-state index contributed by atoms with van der Waals surface area (Å²) in [7, 11) is -3.75. The van der Waals surface area contributed by atoms with Crippen molar-refractivity contribution in [1.29, 1.82) is 0 Å². The van der Waals surface area contributed by atoms with Crippen LogP contribution in [0, 0.1) is 20.8 Å². The van der Waals surface area contributed by atoms with E-state index in [0.717, 1.165) is 34.1 Å². The molecule has 0 atom stereocenters. The van der Waals surface area contributed by atoms with Gasteiger partial charge in [0.25, 0.3) is 15.9 Å². The number of nitrogens with zero attached hydrogens (tertiary/aromatic N) is 3. The van der Waals surface area contributed by atoms with E-state index in [4.69, 9.17) is 0 Å². The van der Waals surface area contributed by atoms with Crippen LogP contribution >= 0.6 is 11.8 Å². The molecule has 5 rings (SSSR count). The summed E-state index contributed by atoms with van der Waals surface area (Å²) < 4.78 is 30.1. The van der Waals surface area contributed by atoms with Crippen molar-refractivity contribution >= 4 is 39.3 Å². The summed E-state index contributed by atoms with van der Waals surface area (Å²) in [6.45, 7) is 5.80. The number of hydrazine groups is 1. The van der Waals surface area contributed by atoms with Gasteiger partial charge in [-0.05, 0) is 81.4 Å². The van der Waals surface area contributed by atoms with Crippen LogP contribution in [0.3, 0.4) is 0 Å². The molecule has 1 aromatic heterocycles. The van der Waals surface area contributed by atoms with E-state index in [9.17, 15) is 18.0 Å². The highest BCUT2D eigenvalue weighted by atomic mass is 32.2. The Morgan fingerprint density at radius 2 is 1.30 bits per heavy atom. The Kier molecular flexibility index (Phi) is 9.12. The fraction of sp³-hybridized carbons (Fsp3) is 0.125. The molecule has 0 unspecified atom stereocenters. The molecule has 10 nitrogen and oxygen atoms in total. The maximum Gasteiger partial charge on any atom is 0.269 e. The minimum absolute atomic E-state index is 0.0299. The van der Waals surface area contributed by atoms with E-state index in [-0.39, 0.29) is 10.6 Å². The van der Waals surface area contributed by atoms with Gasteiger partial charge in [-0.3, -0.25) is 29.7 Å². The zero-order chi connectivity index (χ0) is 31.3. The molecule has 0 aliphatic carbocycles. The number of aromatic nitrogens is 3. The zero-order valence-corrected chi connectivity index (χ0v) is 25.9. The van der Waals surface area contributed by atoms with Gasteiger partial charge in [0, 0.05) is 22.5 Å². The van der Waals surface area contributed by atoms with Crippen molar-refractivity contribution in [1.82, 2.24) is 25.6 Å². The lowest BCUT2D eigenvalue weighted by atomic mass is 10.1. The molecule has 0 fully saturated rings. The zero-order valence-electron chi connectivity index (χ0n) is 24.2. The van der Waals surface area contributed by atoms with Crippen molar-refractivity contribution in [3.63, 3.8) is 0 Å². The number of benzene rings is 4. The minimum atomic E-state index is -3.75. The van der Waals surface area contributed by atoms with Gasteiger partial charge in [0.1, 0.15) is 0 Å². The number of hydrogen-bond acceptors (Lipinski definition) is 7. The van der Waals surface area contributed by atoms with Gasteiger partial charge in [-0.25, -0.2) is 8.42 Å². The standard InChI is InChI=1S/C32H30N6O4S2/c1-21-4-10-25(11-5-21)31(40)35-33-29(39)20-43-32-36-34-30(38(32)27-16-6-22(2)7-17-27)24-12-14-26(15-13-24)37-44(41,42)28-18-8-23(3)9-19-28/h4-19,37H,20H2,1-3H3,(H,33,39)(H,35,40). The Bertz CT molecular complexity index is 1890. The van der Waals surface area contributed by atoms with Crippen molar-refractivity contribution in [3.05, 3.63) is 119 Å². The molecule has 3 N–H and O–H groups in total. The van der Waals surface area contributed by atoms with Crippen LogP contribution in [-0.4, -0.2) is 40.7 Å². The topological polar surface area (TPSA) is 135 Å². The van der Waals surface area contributed by atoms with Crippen molar-refractivity contribution in [2.45, 2.75) is 30.8 Å². The number of aryl methyl sites for hydroxylation is 3. The number of sulfonamides is 1. The third kappa shape index (κ3) is 7.33. The summed E-state index contributed by atoms with van der Waals surface area (Å²) in [5, 5.41) is 9.20. The molecule has 12 heteroatoms. The van der Waals surface area contributed by atoms with Crippen LogP contribution in [0.15, 0.2) is 107 Å². The highest BCUT2D eigenvalue weighted by Crippen LogP contribution is 2.29. The van der Waals surface area contributed by atoms with Crippen molar-refractivity contribution in [2.24, 2.45) is 0 Å². The third-order valence-electron chi connectivity index (χ3n) is 6.61. The van der Waals surface area contributed by atoms with Crippen LogP contribution in [0.5, 0.6) is 0 Å². The Hall–Kier alpha value is -4.94. The third-order valence-corrected chi connectivity index (χ3v) is 8.94. The summed E-state index contributed by atoms with van der Waals surface area (Å²) in [5.74, 6) is -0.353. The molecule has 0 saturated heterocycles. The van der Waals surface area contributed by atoms with E-state index < -0.39 is 21.8 Å². The quantitative estimate of drug-likeness (QED) is 0.151. The first-order valence-electron chi connectivity index (χ1n) is 13.6. The SMILES string of the molecule is Cc1ccc(C(=O)NNC(=O)CSc2nnc(-c3ccc(NS(=O)(=O)c4ccc(C)cc4)cc3)n2-c2ccc(C)cc2)cc1. The second-order valence-electron chi connectivity index (χ2n) is 10.1. The maximum absolute atomic E-state index is 12.8. The maximum atomic E-state index is 12.8. The molecule has 0 saturated carbocycles. The van der Waals surface area contributed by atoms with Crippen molar-refractivity contribution < 1.29 is 18.0 Å². The second kappa shape index (κ2) is 13.1. The molecule has 0 aliphatic rings. The van der Waals surface area contributed by atoms with Gasteiger partial charge in [-0.15, -0.1) is 10.2 Å². The highest BCUT2D eigenvalue weighted by Gasteiger charge is 2.19. The van der Waals surface area contributed by atoms with Crippen LogP contribution < -0.4 is 15.6 Å². The van der Waals surface area contributed by atoms with E-state index in [1.807, 2.05) is 61.7 Å². The number of thioether (sulfide) groups is 1. The predicted molar refractivity (Wildman–Crippen MR) is 171 cm³/mol. The smallest absolute Gasteiger partial charge is 0.269 e. The van der Waals surface area contributed by atoms with Crippen LogP contribution in [0.2, 0.25) is 0 Å². The van der Waals surface area contributed by atoms with Gasteiger partial charge in [-0.2, -0.15) is 0 Å². The summed E-state index contributed by atoms with van der Waals surface area (Å²) in [6.07, 6.45) is 0. The molecule has 4 aromatic carbocycles. The fourth-order valence-corrected chi connectivity index (χ4v) is 5.98. The number of nitrogens with one attached hydrogen (secondary N) is 3. The summed E-state index contributed by atoms with van der Waals surface area (Å²) in [6, 6.07) is 28.2. The minimum Gasteiger partial charge on any atom is -0.280 e. The Morgan fingerprint density at radius 3 is 1.91 bits per heavy atom. The molecule has 0 spiro atoms. The van der Waals surface area contributed by atoms with Crippen molar-refractivity contribution in [3.8, 4) is 17.1 Å². The van der Waals surface area contributed by atoms with Gasteiger partial charge in [0.15, 0.2) is 11.0 Å². The first-order chi connectivity index (χ1) is 21.1. The van der Waals surface area contributed by atoms with Gasteiger partial charge in [-0.1, -0.05) is 64.9 Å². The number of anilines is 1. The first-order valence-corrected chi connectivity index (χ1v) is 16.1. The Morgan fingerprint density at radius 1 is 0.727 bits per heavy atom. The van der Waals surface area contributed by atoms with Crippen LogP contribution in [-0.2, 0) is 14.8 Å². The summed E-state index contributed by atoms with van der Waals surface area (Å²) in [4.78, 5) is 25.1. The van der Waals surface area contributed by atoms with Crippen LogP contribution in [0.4, 0.5) is 5.69 Å². The lowest BCUT2D eigenvalue weighted by Gasteiger charge is -2.12. The summed E-state index contributed by atoms with van der Waals surface area (Å²) in [5.41, 5.74) is 10.2. The van der Waals surface area contributed by atoms with Gasteiger partial charge >= 0.3 is 0 Å². The van der Waals surface area contributed by atoms with E-state index in [1.54, 1.807) is 60.7 Å². The van der Waals surface area contributed by atoms with Gasteiger partial charge in [0.05, 0.1) is 10.6 Å². The normalized spacial score (nSPS) is 11.2. The Labute approximate surface area is 260 Å². The molecular formula is C32H30N6O4S2. The van der Waals surface area contributed by atoms with Gasteiger partial charge < -0.3 is 0 Å². The van der Waals surface area contributed by atoms with Crippen molar-refractivity contribution in [2.75, 3.05) is 10.5 Å². The molecule has 44 heavy (non-hydrogen) atoms. The number of carbonyl (C=O) groups is 2. The lowest BCUT2D eigenvalue weighted by molar-refractivity contribution is -0.119. The molecule has 224 valence electrons. The number of amides is 2. The van der Waals surface area contributed by atoms with Crippen LogP contribution in [0.1, 0.15) is 27.0 Å². The predicted octanol–water partition coefficient (Wildman–Crippen LogP) is 5.21. The number of carbonyl (C=O) groups excluding carboxylic acids is 2. The average Bonchev–Trinajstić information content (AvgIpc) is 3.44. The highest BCUT2D eigenvalue weighted by molar-refractivity contribution is 7.99. The second-order valence-corrected chi connectivity index (χ2v) is 12.8.